The van der Waals surface area contributed by atoms with Crippen LogP contribution in [0.4, 0.5) is 25.8 Å². The number of carbonyl (C=O) groups is 3. The van der Waals surface area contributed by atoms with Gasteiger partial charge >= 0.3 is 0 Å². The van der Waals surface area contributed by atoms with Crippen molar-refractivity contribution in [3.63, 3.8) is 0 Å². The van der Waals surface area contributed by atoms with E-state index in [1.165, 1.54) is 76.2 Å². The number of hydrogen-bond donors (Lipinski definition) is 2. The first-order valence-electron chi connectivity index (χ1n) is 21.3. The number of nitrogens with one attached hydrogen (secondary N) is 2. The van der Waals surface area contributed by atoms with E-state index >= 15 is 8.78 Å². The maximum atomic E-state index is 15.1. The van der Waals surface area contributed by atoms with E-state index in [9.17, 15) is 14.4 Å². The first kappa shape index (κ1) is 44.4. The molecule has 4 aliphatic heterocycles. The van der Waals surface area contributed by atoms with Crippen molar-refractivity contribution in [2.45, 2.75) is 114 Å². The van der Waals surface area contributed by atoms with E-state index in [0.717, 1.165) is 55.4 Å². The van der Waals surface area contributed by atoms with E-state index in [2.05, 4.69) is 35.5 Å². The molecule has 1 amide bonds. The molecule has 12 heteroatoms. The predicted octanol–water partition coefficient (Wildman–Crippen LogP) is 9.46. The van der Waals surface area contributed by atoms with Crippen molar-refractivity contribution < 1.29 is 27.9 Å². The molecular formula is C47H60ClF2N5O4. The number of carbonyl (C=O) groups excluding carboxylic acids is 3. The van der Waals surface area contributed by atoms with Crippen molar-refractivity contribution in [1.29, 1.82) is 0 Å². The second kappa shape index (κ2) is 19.9. The van der Waals surface area contributed by atoms with Crippen LogP contribution in [0.3, 0.4) is 0 Å². The molecule has 3 aromatic rings. The molecule has 318 valence electrons. The molecule has 4 heterocycles. The summed E-state index contributed by atoms with van der Waals surface area (Å²) < 4.78 is 36.6. The lowest BCUT2D eigenvalue weighted by Gasteiger charge is -2.46. The van der Waals surface area contributed by atoms with E-state index in [1.54, 1.807) is 13.1 Å². The first-order chi connectivity index (χ1) is 28.5. The van der Waals surface area contributed by atoms with Crippen molar-refractivity contribution in [1.82, 2.24) is 10.6 Å². The van der Waals surface area contributed by atoms with Crippen molar-refractivity contribution in [3.05, 3.63) is 87.9 Å². The molecule has 3 aromatic carbocycles. The molecule has 9 nitrogen and oxygen atoms in total. The molecule has 3 atom stereocenters. The normalized spacial score (nSPS) is 21.8. The highest BCUT2D eigenvalue weighted by Crippen LogP contribution is 2.47. The largest absolute Gasteiger partial charge is 0.375 e. The molecule has 4 aliphatic rings. The Morgan fingerprint density at radius 2 is 1.73 bits per heavy atom. The van der Waals surface area contributed by atoms with E-state index in [1.807, 2.05) is 40.1 Å². The molecule has 7 rings (SSSR count). The van der Waals surface area contributed by atoms with Gasteiger partial charge in [0.1, 0.15) is 23.8 Å². The Balaban J connectivity index is 0.000000226. The Morgan fingerprint density at radius 1 is 1.02 bits per heavy atom. The fourth-order valence-electron chi connectivity index (χ4n) is 9.61. The number of likely N-dealkylation sites (N-methyl/N-ethyl adjacent to an activating group) is 1. The van der Waals surface area contributed by atoms with E-state index in [-0.39, 0.29) is 29.4 Å². The van der Waals surface area contributed by atoms with Gasteiger partial charge in [-0.15, -0.1) is 0 Å². The van der Waals surface area contributed by atoms with Crippen LogP contribution >= 0.6 is 11.6 Å². The number of ether oxygens (including phenoxy) is 1. The molecular weight excluding hydrogens is 772 g/mol. The Kier molecular flexibility index (Phi) is 15.0. The highest BCUT2D eigenvalue weighted by molar-refractivity contribution is 6.34. The third-order valence-electron chi connectivity index (χ3n) is 13.0. The van der Waals surface area contributed by atoms with Gasteiger partial charge in [0.25, 0.3) is 0 Å². The summed E-state index contributed by atoms with van der Waals surface area (Å²) in [7, 11) is 3.20. The third-order valence-corrected chi connectivity index (χ3v) is 13.3. The van der Waals surface area contributed by atoms with Gasteiger partial charge in [-0.2, -0.15) is 0 Å². The molecule has 2 N–H and O–H groups in total. The van der Waals surface area contributed by atoms with E-state index < -0.39 is 23.5 Å². The standard InChI is InChI=1S/C29H43F2N3O3.C18H17ClN2O/c1-32-28(36)24(9-5-17-35)27-25(30)18-23(19-26(27)31)34-15-12-29(13-16-34)11-10-21(20-37-29)6-2-3-7-22-8-4-14-33-22;1-18(2)13-7-4-5-9-16(13)21(17(18)20-3)15-10-6-8-14(19)12(15)11-22/h17-19,21-22,24,33H,2-16,20H2,1H3,(H,32,36);4-11H,1-3H3. The number of anilines is 3. The van der Waals surface area contributed by atoms with Crippen LogP contribution in [0.1, 0.15) is 118 Å². The summed E-state index contributed by atoms with van der Waals surface area (Å²) in [4.78, 5) is 43.1. The minimum absolute atomic E-state index is 0.0612. The van der Waals surface area contributed by atoms with Crippen LogP contribution in [-0.2, 0) is 19.7 Å². The fourth-order valence-corrected chi connectivity index (χ4v) is 9.83. The highest BCUT2D eigenvalue weighted by Gasteiger charge is 2.43. The molecule has 0 aliphatic carbocycles. The van der Waals surface area contributed by atoms with Crippen molar-refractivity contribution in [3.8, 4) is 0 Å². The summed E-state index contributed by atoms with van der Waals surface area (Å²) in [5.74, 6) is -1.46. The summed E-state index contributed by atoms with van der Waals surface area (Å²) in [6.45, 7) is 7.64. The van der Waals surface area contributed by atoms with Gasteiger partial charge < -0.3 is 25.1 Å². The Bertz CT molecular complexity index is 1940. The molecule has 3 saturated heterocycles. The van der Waals surface area contributed by atoms with Crippen LogP contribution < -0.4 is 20.4 Å². The zero-order chi connectivity index (χ0) is 42.2. The van der Waals surface area contributed by atoms with Gasteiger partial charge in [0, 0.05) is 56.3 Å². The van der Waals surface area contributed by atoms with Crippen LogP contribution in [0.15, 0.2) is 59.6 Å². The van der Waals surface area contributed by atoms with Gasteiger partial charge in [-0.25, -0.2) is 8.78 Å². The SMILES string of the molecule is CN=C1N(c2cccc(Cl)c2C=O)c2ccccc2C1(C)C.CNC(=O)C(CCC=O)c1c(F)cc(N2CCC3(CCC(CCCCC4CCCN4)CO3)CC2)cc1F. The summed E-state index contributed by atoms with van der Waals surface area (Å²) in [5.41, 5.74) is 3.36. The Labute approximate surface area is 353 Å². The van der Waals surface area contributed by atoms with Crippen molar-refractivity contribution in [2.24, 2.45) is 10.9 Å². The minimum Gasteiger partial charge on any atom is -0.375 e. The first-order valence-corrected chi connectivity index (χ1v) is 21.7. The number of aldehydes is 2. The average Bonchev–Trinajstić information content (AvgIpc) is 3.84. The van der Waals surface area contributed by atoms with Gasteiger partial charge in [0.05, 0.1) is 40.1 Å². The number of unbranched alkanes of at least 4 members (excludes halogenated alkanes) is 1. The second-order valence-electron chi connectivity index (χ2n) is 17.0. The lowest BCUT2D eigenvalue weighted by molar-refractivity contribution is -0.122. The smallest absolute Gasteiger partial charge is 0.227 e. The summed E-state index contributed by atoms with van der Waals surface area (Å²) in [5, 5.41) is 6.48. The number of piperidine rings is 1. The van der Waals surface area contributed by atoms with Crippen molar-refractivity contribution >= 4 is 53.0 Å². The van der Waals surface area contributed by atoms with Crippen LogP contribution in [0.25, 0.3) is 0 Å². The number of amidine groups is 1. The third kappa shape index (κ3) is 9.90. The second-order valence-corrected chi connectivity index (χ2v) is 17.4. The summed E-state index contributed by atoms with van der Waals surface area (Å²) in [6, 6.07) is 17.0. The number of para-hydroxylation sites is 1. The number of fused-ring (bicyclic) bond motifs is 1. The monoisotopic (exact) mass is 831 g/mol. The number of aliphatic imine (C=N–C) groups is 1. The number of hydrogen-bond acceptors (Lipinski definition) is 7. The maximum absolute atomic E-state index is 15.1. The molecule has 3 fully saturated rings. The van der Waals surface area contributed by atoms with Crippen LogP contribution in [0.5, 0.6) is 0 Å². The Morgan fingerprint density at radius 3 is 2.36 bits per heavy atom. The zero-order valence-corrected chi connectivity index (χ0v) is 35.8. The molecule has 0 aromatic heterocycles. The molecule has 3 unspecified atom stereocenters. The molecule has 0 saturated carbocycles. The van der Waals surface area contributed by atoms with E-state index in [0.29, 0.717) is 41.6 Å². The lowest BCUT2D eigenvalue weighted by atomic mass is 9.80. The number of nitrogens with zero attached hydrogens (tertiary/aromatic N) is 3. The van der Waals surface area contributed by atoms with Crippen LogP contribution in [0, 0.1) is 17.6 Å². The van der Waals surface area contributed by atoms with Gasteiger partial charge in [-0.1, -0.05) is 48.7 Å². The van der Waals surface area contributed by atoms with Gasteiger partial charge in [0.15, 0.2) is 6.29 Å². The maximum Gasteiger partial charge on any atom is 0.227 e. The van der Waals surface area contributed by atoms with E-state index in [4.69, 9.17) is 16.3 Å². The van der Waals surface area contributed by atoms with Gasteiger partial charge in [-0.3, -0.25) is 19.5 Å². The van der Waals surface area contributed by atoms with Gasteiger partial charge in [-0.05, 0) is 120 Å². The number of benzene rings is 3. The fraction of sp³-hybridized carbons (Fsp3) is 0.532. The molecule has 59 heavy (non-hydrogen) atoms. The van der Waals surface area contributed by atoms with Crippen molar-refractivity contribution in [2.75, 3.05) is 50.1 Å². The van der Waals surface area contributed by atoms with Gasteiger partial charge in [0.2, 0.25) is 5.91 Å². The summed E-state index contributed by atoms with van der Waals surface area (Å²) in [6.07, 6.45) is 13.3. The topological polar surface area (TPSA) is 103 Å². The van der Waals surface area contributed by atoms with Crippen LogP contribution in [-0.4, -0.2) is 76.3 Å². The minimum atomic E-state index is -1.03. The molecule has 1 spiro atoms. The lowest BCUT2D eigenvalue weighted by Crippen LogP contribution is -2.49. The predicted molar refractivity (Wildman–Crippen MR) is 233 cm³/mol. The van der Waals surface area contributed by atoms with Crippen LogP contribution in [0.2, 0.25) is 5.02 Å². The average molecular weight is 832 g/mol. The summed E-state index contributed by atoms with van der Waals surface area (Å²) >= 11 is 6.20. The number of amides is 1. The molecule has 0 bridgehead atoms. The Hall–Kier alpha value is -4.19. The quantitative estimate of drug-likeness (QED) is 0.131. The zero-order valence-electron chi connectivity index (χ0n) is 35.0. The molecule has 0 radical (unpaired) electrons. The number of rotatable bonds is 13. The highest BCUT2D eigenvalue weighted by atomic mass is 35.5. The number of halogens is 3.